The molecular formula is C21H24N4O2S. The summed E-state index contributed by atoms with van der Waals surface area (Å²) < 4.78 is 7.16. The number of carbonyl (C=O) groups excluding carboxylic acids is 1. The van der Waals surface area contributed by atoms with Crippen LogP contribution in [0.1, 0.15) is 50.9 Å². The second-order valence-electron chi connectivity index (χ2n) is 7.13. The minimum Gasteiger partial charge on any atom is -0.381 e. The molecule has 1 fully saturated rings. The van der Waals surface area contributed by atoms with Crippen molar-refractivity contribution in [1.29, 1.82) is 0 Å². The molecule has 1 aromatic carbocycles. The van der Waals surface area contributed by atoms with Crippen LogP contribution in [0, 0.1) is 6.92 Å². The predicted molar refractivity (Wildman–Crippen MR) is 110 cm³/mol. The maximum Gasteiger partial charge on any atom is 0.260 e. The molecule has 1 aliphatic rings. The Morgan fingerprint density at radius 1 is 1.29 bits per heavy atom. The zero-order chi connectivity index (χ0) is 19.5. The van der Waals surface area contributed by atoms with Crippen molar-refractivity contribution in [2.45, 2.75) is 32.1 Å². The van der Waals surface area contributed by atoms with Crippen LogP contribution in [0.15, 0.2) is 36.5 Å². The normalized spacial score (nSPS) is 14.9. The summed E-state index contributed by atoms with van der Waals surface area (Å²) in [6, 6.07) is 10.3. The number of anilines is 1. The number of nitrogens with zero attached hydrogens (tertiary/aromatic N) is 3. The molecule has 28 heavy (non-hydrogen) atoms. The summed E-state index contributed by atoms with van der Waals surface area (Å²) in [6.45, 7) is 3.43. The Morgan fingerprint density at radius 3 is 2.79 bits per heavy atom. The topological polar surface area (TPSA) is 69.0 Å². The van der Waals surface area contributed by atoms with Crippen LogP contribution >= 0.6 is 11.3 Å². The minimum atomic E-state index is -0.144. The van der Waals surface area contributed by atoms with Crippen molar-refractivity contribution in [2.24, 2.45) is 7.05 Å². The lowest BCUT2D eigenvalue weighted by Crippen LogP contribution is -2.19. The van der Waals surface area contributed by atoms with E-state index < -0.39 is 0 Å². The number of aryl methyl sites for hydroxylation is 2. The monoisotopic (exact) mass is 396 g/mol. The molecule has 0 unspecified atom stereocenters. The molecule has 2 aromatic heterocycles. The van der Waals surface area contributed by atoms with Gasteiger partial charge in [-0.3, -0.25) is 14.8 Å². The number of carbonyl (C=O) groups is 1. The zero-order valence-corrected chi connectivity index (χ0v) is 17.0. The standard InChI is InChI=1S/C21H24N4O2S/c1-14-18(12-15-6-4-3-5-7-15)28-21(22-14)23-20(26)17-13-25(2)24-19(17)16-8-10-27-11-9-16/h3-7,13,16H,8-12H2,1-2H3,(H,22,23,26). The van der Waals surface area contributed by atoms with Gasteiger partial charge in [-0.05, 0) is 25.3 Å². The van der Waals surface area contributed by atoms with Gasteiger partial charge in [0.1, 0.15) is 0 Å². The number of aromatic nitrogens is 3. The highest BCUT2D eigenvalue weighted by molar-refractivity contribution is 7.15. The summed E-state index contributed by atoms with van der Waals surface area (Å²) in [4.78, 5) is 18.7. The summed E-state index contributed by atoms with van der Waals surface area (Å²) in [5, 5.41) is 8.18. The number of rotatable bonds is 5. The second-order valence-corrected chi connectivity index (χ2v) is 8.22. The molecule has 1 amide bonds. The van der Waals surface area contributed by atoms with Crippen molar-refractivity contribution in [3.05, 3.63) is 63.9 Å². The largest absolute Gasteiger partial charge is 0.381 e. The number of amides is 1. The second kappa shape index (κ2) is 8.24. The quantitative estimate of drug-likeness (QED) is 0.710. The molecule has 6 nitrogen and oxygen atoms in total. The molecule has 3 aromatic rings. The molecule has 0 radical (unpaired) electrons. The van der Waals surface area contributed by atoms with Crippen LogP contribution in [0.2, 0.25) is 0 Å². The van der Waals surface area contributed by atoms with Crippen LogP contribution in [-0.4, -0.2) is 33.9 Å². The number of hydrogen-bond acceptors (Lipinski definition) is 5. The minimum absolute atomic E-state index is 0.144. The molecular weight excluding hydrogens is 372 g/mol. The lowest BCUT2D eigenvalue weighted by atomic mass is 9.94. The first kappa shape index (κ1) is 18.8. The number of ether oxygens (including phenoxy) is 1. The summed E-state index contributed by atoms with van der Waals surface area (Å²) >= 11 is 1.54. The molecule has 1 N–H and O–H groups in total. The van der Waals surface area contributed by atoms with E-state index >= 15 is 0 Å². The van der Waals surface area contributed by atoms with Crippen LogP contribution in [-0.2, 0) is 18.2 Å². The highest BCUT2D eigenvalue weighted by atomic mass is 32.1. The summed E-state index contributed by atoms with van der Waals surface area (Å²) in [6.07, 6.45) is 4.41. The lowest BCUT2D eigenvalue weighted by molar-refractivity contribution is 0.0837. The van der Waals surface area contributed by atoms with Gasteiger partial charge in [0.2, 0.25) is 0 Å². The maximum atomic E-state index is 12.9. The number of nitrogens with one attached hydrogen (secondary N) is 1. The van der Waals surface area contributed by atoms with E-state index in [9.17, 15) is 4.79 Å². The zero-order valence-electron chi connectivity index (χ0n) is 16.1. The van der Waals surface area contributed by atoms with Crippen LogP contribution in [0.5, 0.6) is 0 Å². The van der Waals surface area contributed by atoms with Crippen molar-refractivity contribution >= 4 is 22.4 Å². The molecule has 3 heterocycles. The molecule has 0 spiro atoms. The fraction of sp³-hybridized carbons (Fsp3) is 0.381. The number of thiazole rings is 1. The molecule has 0 aliphatic carbocycles. The fourth-order valence-electron chi connectivity index (χ4n) is 3.54. The molecule has 0 bridgehead atoms. The average Bonchev–Trinajstić information content (AvgIpc) is 3.26. The smallest absolute Gasteiger partial charge is 0.260 e. The van der Waals surface area contributed by atoms with Crippen LogP contribution in [0.4, 0.5) is 5.13 Å². The Morgan fingerprint density at radius 2 is 2.04 bits per heavy atom. The van der Waals surface area contributed by atoms with Gasteiger partial charge in [-0.15, -0.1) is 11.3 Å². The maximum absolute atomic E-state index is 12.9. The summed E-state index contributed by atoms with van der Waals surface area (Å²) in [5.41, 5.74) is 3.69. The van der Waals surface area contributed by atoms with Gasteiger partial charge >= 0.3 is 0 Å². The Kier molecular flexibility index (Phi) is 5.54. The highest BCUT2D eigenvalue weighted by Gasteiger charge is 2.26. The van der Waals surface area contributed by atoms with Gasteiger partial charge in [-0.2, -0.15) is 5.10 Å². The van der Waals surface area contributed by atoms with E-state index in [0.29, 0.717) is 10.7 Å². The predicted octanol–water partition coefficient (Wildman–Crippen LogP) is 3.92. The van der Waals surface area contributed by atoms with Gasteiger partial charge in [-0.1, -0.05) is 30.3 Å². The summed E-state index contributed by atoms with van der Waals surface area (Å²) in [5.74, 6) is 0.122. The number of hydrogen-bond donors (Lipinski definition) is 1. The number of benzene rings is 1. The molecule has 0 saturated carbocycles. The Hall–Kier alpha value is -2.51. The Balaban J connectivity index is 1.51. The first-order valence-electron chi connectivity index (χ1n) is 9.53. The van der Waals surface area contributed by atoms with Crippen molar-refractivity contribution in [3.63, 3.8) is 0 Å². The van der Waals surface area contributed by atoms with Gasteiger partial charge < -0.3 is 4.74 Å². The van der Waals surface area contributed by atoms with Gasteiger partial charge in [-0.25, -0.2) is 4.98 Å². The first-order chi connectivity index (χ1) is 13.6. The van der Waals surface area contributed by atoms with Crippen LogP contribution in [0.25, 0.3) is 0 Å². The summed E-state index contributed by atoms with van der Waals surface area (Å²) in [7, 11) is 1.85. The van der Waals surface area contributed by atoms with E-state index in [0.717, 1.165) is 48.7 Å². The van der Waals surface area contributed by atoms with Crippen molar-refractivity contribution < 1.29 is 9.53 Å². The van der Waals surface area contributed by atoms with E-state index in [2.05, 4.69) is 27.5 Å². The lowest BCUT2D eigenvalue weighted by Gasteiger charge is -2.21. The van der Waals surface area contributed by atoms with E-state index in [1.807, 2.05) is 32.2 Å². The molecule has 1 aliphatic heterocycles. The van der Waals surface area contributed by atoms with Crippen molar-refractivity contribution in [3.8, 4) is 0 Å². The third-order valence-corrected chi connectivity index (χ3v) is 6.10. The van der Waals surface area contributed by atoms with Crippen molar-refractivity contribution in [1.82, 2.24) is 14.8 Å². The van der Waals surface area contributed by atoms with E-state index in [4.69, 9.17) is 4.74 Å². The SMILES string of the molecule is Cc1nc(NC(=O)c2cn(C)nc2C2CCOCC2)sc1Cc1ccccc1. The van der Waals surface area contributed by atoms with Gasteiger partial charge in [0.25, 0.3) is 5.91 Å². The molecule has 4 rings (SSSR count). The third kappa shape index (κ3) is 4.15. The van der Waals surface area contributed by atoms with E-state index in [1.54, 1.807) is 10.9 Å². The van der Waals surface area contributed by atoms with Crippen LogP contribution in [0.3, 0.4) is 0 Å². The molecule has 146 valence electrons. The first-order valence-corrected chi connectivity index (χ1v) is 10.3. The molecule has 1 saturated heterocycles. The van der Waals surface area contributed by atoms with E-state index in [1.165, 1.54) is 16.9 Å². The van der Waals surface area contributed by atoms with Gasteiger partial charge in [0.05, 0.1) is 17.0 Å². The Bertz CT molecular complexity index is 958. The molecule has 0 atom stereocenters. The van der Waals surface area contributed by atoms with Gasteiger partial charge in [0.15, 0.2) is 5.13 Å². The Labute approximate surface area is 168 Å². The fourth-order valence-corrected chi connectivity index (χ4v) is 4.54. The van der Waals surface area contributed by atoms with Crippen LogP contribution < -0.4 is 5.32 Å². The molecule has 7 heteroatoms. The third-order valence-electron chi connectivity index (χ3n) is 5.03. The van der Waals surface area contributed by atoms with E-state index in [-0.39, 0.29) is 11.8 Å². The highest BCUT2D eigenvalue weighted by Crippen LogP contribution is 2.30. The van der Waals surface area contributed by atoms with Gasteiger partial charge in [0, 0.05) is 43.7 Å². The van der Waals surface area contributed by atoms with Crippen molar-refractivity contribution in [2.75, 3.05) is 18.5 Å². The average molecular weight is 397 g/mol.